The van der Waals surface area contributed by atoms with Gasteiger partial charge in [0.05, 0.1) is 5.75 Å². The first kappa shape index (κ1) is 32.3. The SMILES string of the molecule is O=C(CSc1cccc(NC(=O)/C(=C\c2ccc(-c3ccccc3)cc2)NC(=O)c2ccccc2)c1)Nc1ccc(O)c(C(=O)O)c1. The van der Waals surface area contributed by atoms with Gasteiger partial charge in [-0.3, -0.25) is 14.4 Å². The molecule has 3 amide bonds. The molecule has 5 rings (SSSR count). The van der Waals surface area contributed by atoms with E-state index in [9.17, 15) is 29.4 Å². The molecule has 0 atom stereocenters. The number of carbonyl (C=O) groups excluding carboxylic acids is 3. The van der Waals surface area contributed by atoms with Crippen LogP contribution in [0.15, 0.2) is 138 Å². The predicted molar refractivity (Wildman–Crippen MR) is 183 cm³/mol. The van der Waals surface area contributed by atoms with E-state index in [2.05, 4.69) is 16.0 Å². The summed E-state index contributed by atoms with van der Waals surface area (Å²) in [4.78, 5) is 51.0. The Morgan fingerprint density at radius 1 is 0.681 bits per heavy atom. The molecule has 5 aromatic carbocycles. The first-order valence-corrected chi connectivity index (χ1v) is 15.4. The number of benzene rings is 5. The van der Waals surface area contributed by atoms with Crippen molar-refractivity contribution in [3.63, 3.8) is 0 Å². The zero-order valence-electron chi connectivity index (χ0n) is 24.8. The fourth-order valence-electron chi connectivity index (χ4n) is 4.50. The van der Waals surface area contributed by atoms with Crippen LogP contribution < -0.4 is 16.0 Å². The van der Waals surface area contributed by atoms with Gasteiger partial charge in [-0.2, -0.15) is 0 Å². The van der Waals surface area contributed by atoms with Crippen LogP contribution in [-0.2, 0) is 9.59 Å². The fourth-order valence-corrected chi connectivity index (χ4v) is 5.26. The number of rotatable bonds is 11. The van der Waals surface area contributed by atoms with Gasteiger partial charge in [-0.1, -0.05) is 78.9 Å². The second kappa shape index (κ2) is 15.2. The molecule has 47 heavy (non-hydrogen) atoms. The molecule has 0 spiro atoms. The van der Waals surface area contributed by atoms with Gasteiger partial charge >= 0.3 is 5.97 Å². The Hall–Kier alpha value is -6.13. The van der Waals surface area contributed by atoms with Gasteiger partial charge in [0.2, 0.25) is 5.91 Å². The molecular weight excluding hydrogens is 614 g/mol. The number of nitrogens with one attached hydrogen (secondary N) is 3. The number of hydrogen-bond acceptors (Lipinski definition) is 6. The Labute approximate surface area is 275 Å². The number of carboxylic acid groups (broad SMARTS) is 1. The van der Waals surface area contributed by atoms with E-state index in [0.29, 0.717) is 21.7 Å². The molecule has 0 aliphatic carbocycles. The van der Waals surface area contributed by atoms with Crippen molar-refractivity contribution in [2.75, 3.05) is 16.4 Å². The van der Waals surface area contributed by atoms with Crippen molar-refractivity contribution >= 4 is 52.9 Å². The standard InChI is InChI=1S/C37H29N3O6S/c41-33-19-18-29(22-31(33)37(45)46)38-34(42)23-47-30-13-7-12-28(21-30)39-36(44)32(40-35(43)27-10-5-2-6-11-27)20-24-14-16-26(17-15-24)25-8-3-1-4-9-25/h1-22,41H,23H2,(H,38,42)(H,39,44)(H,40,43)(H,45,46)/b32-20+. The number of aromatic carboxylic acids is 1. The lowest BCUT2D eigenvalue weighted by Crippen LogP contribution is -2.30. The van der Waals surface area contributed by atoms with Gasteiger partial charge in [-0.25, -0.2) is 4.79 Å². The summed E-state index contributed by atoms with van der Waals surface area (Å²) in [6.45, 7) is 0. The van der Waals surface area contributed by atoms with Crippen molar-refractivity contribution in [1.82, 2.24) is 5.32 Å². The summed E-state index contributed by atoms with van der Waals surface area (Å²) in [6.07, 6.45) is 1.60. The van der Waals surface area contributed by atoms with Gasteiger partial charge in [0.1, 0.15) is 17.0 Å². The number of amides is 3. The highest BCUT2D eigenvalue weighted by Crippen LogP contribution is 2.25. The van der Waals surface area contributed by atoms with Crippen LogP contribution >= 0.6 is 11.8 Å². The van der Waals surface area contributed by atoms with Gasteiger partial charge in [0.15, 0.2) is 0 Å². The predicted octanol–water partition coefficient (Wildman–Crippen LogP) is 6.90. The van der Waals surface area contributed by atoms with Crippen LogP contribution in [0.1, 0.15) is 26.3 Å². The molecule has 0 aliphatic heterocycles. The molecule has 9 nitrogen and oxygen atoms in total. The first-order chi connectivity index (χ1) is 22.7. The number of hydrogen-bond donors (Lipinski definition) is 5. The molecule has 0 bridgehead atoms. The number of anilines is 2. The van der Waals surface area contributed by atoms with Crippen LogP contribution in [0.4, 0.5) is 11.4 Å². The Kier molecular flexibility index (Phi) is 10.5. The molecule has 0 unspecified atom stereocenters. The molecule has 5 N–H and O–H groups in total. The zero-order valence-corrected chi connectivity index (χ0v) is 25.7. The minimum Gasteiger partial charge on any atom is -0.507 e. The van der Waals surface area contributed by atoms with Gasteiger partial charge in [0.25, 0.3) is 11.8 Å². The molecular formula is C37H29N3O6S. The summed E-state index contributed by atoms with van der Waals surface area (Å²) in [5.74, 6) is -3.08. The summed E-state index contributed by atoms with van der Waals surface area (Å²) < 4.78 is 0. The van der Waals surface area contributed by atoms with Crippen molar-refractivity contribution in [1.29, 1.82) is 0 Å². The van der Waals surface area contributed by atoms with Crippen LogP contribution in [-0.4, -0.2) is 39.7 Å². The topological polar surface area (TPSA) is 145 Å². The Morgan fingerprint density at radius 2 is 1.34 bits per heavy atom. The van der Waals surface area contributed by atoms with Gasteiger partial charge in [0, 0.05) is 21.8 Å². The fraction of sp³-hybridized carbons (Fsp3) is 0.0270. The van der Waals surface area contributed by atoms with Crippen molar-refractivity contribution in [3.05, 3.63) is 150 Å². The van der Waals surface area contributed by atoms with E-state index in [1.165, 1.54) is 30.0 Å². The summed E-state index contributed by atoms with van der Waals surface area (Å²) in [5.41, 5.74) is 3.58. The van der Waals surface area contributed by atoms with Crippen molar-refractivity contribution in [3.8, 4) is 16.9 Å². The van der Waals surface area contributed by atoms with E-state index in [1.807, 2.05) is 54.6 Å². The second-order valence-electron chi connectivity index (χ2n) is 10.2. The van der Waals surface area contributed by atoms with Crippen molar-refractivity contribution in [2.24, 2.45) is 0 Å². The van der Waals surface area contributed by atoms with Crippen LogP contribution in [0.25, 0.3) is 17.2 Å². The second-order valence-corrected chi connectivity index (χ2v) is 11.3. The summed E-state index contributed by atoms with van der Waals surface area (Å²) in [7, 11) is 0. The molecule has 0 aromatic heterocycles. The van der Waals surface area contributed by atoms with E-state index in [0.717, 1.165) is 11.1 Å². The molecule has 0 saturated heterocycles. The maximum absolute atomic E-state index is 13.5. The average molecular weight is 644 g/mol. The number of aromatic hydroxyl groups is 1. The third-order valence-electron chi connectivity index (χ3n) is 6.83. The van der Waals surface area contributed by atoms with E-state index >= 15 is 0 Å². The lowest BCUT2D eigenvalue weighted by molar-refractivity contribution is -0.114. The van der Waals surface area contributed by atoms with Crippen LogP contribution in [0, 0.1) is 0 Å². The molecule has 10 heteroatoms. The average Bonchev–Trinajstić information content (AvgIpc) is 3.09. The molecule has 0 radical (unpaired) electrons. The van der Waals surface area contributed by atoms with E-state index in [1.54, 1.807) is 60.7 Å². The van der Waals surface area contributed by atoms with E-state index in [4.69, 9.17) is 0 Å². The third-order valence-corrected chi connectivity index (χ3v) is 7.82. The van der Waals surface area contributed by atoms with Crippen molar-refractivity contribution in [2.45, 2.75) is 4.90 Å². The summed E-state index contributed by atoms with van der Waals surface area (Å²) in [6, 6.07) is 36.8. The molecule has 0 aliphatic rings. The number of thioether (sulfide) groups is 1. The maximum Gasteiger partial charge on any atom is 0.339 e. The zero-order chi connectivity index (χ0) is 33.2. The normalized spacial score (nSPS) is 10.9. The molecule has 0 heterocycles. The van der Waals surface area contributed by atoms with Gasteiger partial charge in [-0.05, 0) is 71.3 Å². The maximum atomic E-state index is 13.5. The number of carbonyl (C=O) groups is 4. The Morgan fingerprint density at radius 3 is 2.04 bits per heavy atom. The van der Waals surface area contributed by atoms with E-state index in [-0.39, 0.29) is 22.7 Å². The van der Waals surface area contributed by atoms with Gasteiger partial charge in [-0.15, -0.1) is 11.8 Å². The molecule has 234 valence electrons. The highest BCUT2D eigenvalue weighted by Gasteiger charge is 2.16. The Balaban J connectivity index is 1.28. The first-order valence-electron chi connectivity index (χ1n) is 14.4. The largest absolute Gasteiger partial charge is 0.507 e. The van der Waals surface area contributed by atoms with E-state index < -0.39 is 29.4 Å². The monoisotopic (exact) mass is 643 g/mol. The summed E-state index contributed by atoms with van der Waals surface area (Å²) in [5, 5.41) is 27.1. The Bertz CT molecular complexity index is 1940. The minimum atomic E-state index is -1.31. The van der Waals surface area contributed by atoms with Gasteiger partial charge < -0.3 is 26.2 Å². The highest BCUT2D eigenvalue weighted by atomic mass is 32.2. The van der Waals surface area contributed by atoms with Crippen LogP contribution in [0.2, 0.25) is 0 Å². The minimum absolute atomic E-state index is 0.00204. The number of carboxylic acids is 1. The summed E-state index contributed by atoms with van der Waals surface area (Å²) >= 11 is 1.21. The number of phenols is 1. The lowest BCUT2D eigenvalue weighted by atomic mass is 10.0. The quantitative estimate of drug-likeness (QED) is 0.0598. The molecule has 5 aromatic rings. The third kappa shape index (κ3) is 8.96. The van der Waals surface area contributed by atoms with Crippen LogP contribution in [0.3, 0.4) is 0 Å². The van der Waals surface area contributed by atoms with Crippen molar-refractivity contribution < 1.29 is 29.4 Å². The molecule has 0 fully saturated rings. The smallest absolute Gasteiger partial charge is 0.339 e. The lowest BCUT2D eigenvalue weighted by Gasteiger charge is -2.12. The highest BCUT2D eigenvalue weighted by molar-refractivity contribution is 8.00. The van der Waals surface area contributed by atoms with Crippen LogP contribution in [0.5, 0.6) is 5.75 Å². The molecule has 0 saturated carbocycles.